The SMILES string of the molecule is N=C(N)N(Cc1ccccc1)C(=O)CC1(N2CCN(C(=O)C(Cc3ccc(Cl)cc3)NC(=O)CN)CC2)CCCCC1. The van der Waals surface area contributed by atoms with E-state index in [2.05, 4.69) is 10.2 Å². The molecule has 11 heteroatoms. The maximum atomic E-state index is 13.6. The topological polar surface area (TPSA) is 149 Å². The lowest BCUT2D eigenvalue weighted by molar-refractivity contribution is -0.140. The molecule has 1 unspecified atom stereocenters. The van der Waals surface area contributed by atoms with Crippen LogP contribution in [0.1, 0.15) is 49.7 Å². The Labute approximate surface area is 252 Å². The normalized spacial score (nSPS) is 17.7. The summed E-state index contributed by atoms with van der Waals surface area (Å²) in [6, 6.07) is 16.1. The zero-order chi connectivity index (χ0) is 30.1. The van der Waals surface area contributed by atoms with Crippen molar-refractivity contribution in [2.24, 2.45) is 11.5 Å². The summed E-state index contributed by atoms with van der Waals surface area (Å²) in [4.78, 5) is 45.0. The number of nitrogens with one attached hydrogen (secondary N) is 2. The third-order valence-electron chi connectivity index (χ3n) is 8.47. The highest BCUT2D eigenvalue weighted by atomic mass is 35.5. The summed E-state index contributed by atoms with van der Waals surface area (Å²) in [5.41, 5.74) is 12.9. The van der Waals surface area contributed by atoms with Gasteiger partial charge in [-0.3, -0.25) is 29.6 Å². The fourth-order valence-corrected chi connectivity index (χ4v) is 6.32. The van der Waals surface area contributed by atoms with Gasteiger partial charge in [0.25, 0.3) is 0 Å². The smallest absolute Gasteiger partial charge is 0.245 e. The molecule has 2 aliphatic rings. The molecule has 1 saturated heterocycles. The van der Waals surface area contributed by atoms with Gasteiger partial charge in [0.1, 0.15) is 6.04 Å². The van der Waals surface area contributed by atoms with Crippen molar-refractivity contribution in [1.82, 2.24) is 20.0 Å². The van der Waals surface area contributed by atoms with Crippen molar-refractivity contribution < 1.29 is 14.4 Å². The predicted molar refractivity (Wildman–Crippen MR) is 164 cm³/mol. The molecule has 1 aliphatic carbocycles. The van der Waals surface area contributed by atoms with E-state index in [0.29, 0.717) is 37.6 Å². The second-order valence-corrected chi connectivity index (χ2v) is 11.7. The van der Waals surface area contributed by atoms with Crippen LogP contribution in [-0.2, 0) is 27.3 Å². The molecule has 1 heterocycles. The Hall–Kier alpha value is -3.47. The number of halogens is 1. The van der Waals surface area contributed by atoms with Gasteiger partial charge in [-0.2, -0.15) is 0 Å². The first-order chi connectivity index (χ1) is 20.2. The standard InChI is InChI=1S/C31H42ClN7O3/c32-25-11-9-23(10-12-25)19-26(36-27(40)21-33)29(42)37-15-17-38(18-16-37)31(13-5-2-6-14-31)20-28(41)39(30(34)35)22-24-7-3-1-4-8-24/h1,3-4,7-12,26H,2,5-6,13-22,33H2,(H3,34,35)(H,36,40). The third-order valence-corrected chi connectivity index (χ3v) is 8.73. The van der Waals surface area contributed by atoms with Crippen molar-refractivity contribution in [2.75, 3.05) is 32.7 Å². The summed E-state index contributed by atoms with van der Waals surface area (Å²) >= 11 is 6.02. The minimum atomic E-state index is -0.735. The summed E-state index contributed by atoms with van der Waals surface area (Å²) in [6.07, 6.45) is 5.56. The average molecular weight is 596 g/mol. The molecule has 6 N–H and O–H groups in total. The van der Waals surface area contributed by atoms with E-state index in [-0.39, 0.29) is 48.7 Å². The van der Waals surface area contributed by atoms with Gasteiger partial charge in [0.05, 0.1) is 13.1 Å². The van der Waals surface area contributed by atoms with Crippen molar-refractivity contribution in [1.29, 1.82) is 5.41 Å². The Bertz CT molecular complexity index is 1230. The van der Waals surface area contributed by atoms with Crippen LogP contribution in [-0.4, -0.2) is 82.7 Å². The monoisotopic (exact) mass is 595 g/mol. The van der Waals surface area contributed by atoms with Crippen LogP contribution in [0.3, 0.4) is 0 Å². The van der Waals surface area contributed by atoms with Gasteiger partial charge >= 0.3 is 0 Å². The largest absolute Gasteiger partial charge is 0.370 e. The van der Waals surface area contributed by atoms with Gasteiger partial charge in [-0.15, -0.1) is 0 Å². The Balaban J connectivity index is 1.44. The minimum Gasteiger partial charge on any atom is -0.370 e. The number of piperazine rings is 1. The molecular weight excluding hydrogens is 554 g/mol. The molecule has 0 bridgehead atoms. The van der Waals surface area contributed by atoms with E-state index in [1.165, 1.54) is 4.90 Å². The number of hydrogen-bond acceptors (Lipinski definition) is 6. The minimum absolute atomic E-state index is 0.147. The van der Waals surface area contributed by atoms with Crippen LogP contribution in [0.15, 0.2) is 54.6 Å². The first-order valence-electron chi connectivity index (χ1n) is 14.7. The molecule has 3 amide bonds. The number of carbonyl (C=O) groups is 3. The second kappa shape index (κ2) is 14.6. The van der Waals surface area contributed by atoms with Gasteiger partial charge < -0.3 is 21.7 Å². The van der Waals surface area contributed by atoms with Gasteiger partial charge in [0.15, 0.2) is 5.96 Å². The molecule has 0 radical (unpaired) electrons. The van der Waals surface area contributed by atoms with Crippen molar-refractivity contribution in [3.8, 4) is 0 Å². The first-order valence-corrected chi connectivity index (χ1v) is 15.0. The van der Waals surface area contributed by atoms with Gasteiger partial charge in [-0.1, -0.05) is 73.3 Å². The van der Waals surface area contributed by atoms with Gasteiger partial charge in [-0.25, -0.2) is 0 Å². The number of rotatable bonds is 10. The molecule has 2 aromatic carbocycles. The fourth-order valence-electron chi connectivity index (χ4n) is 6.20. The molecule has 0 spiro atoms. The Morgan fingerprint density at radius 1 is 0.952 bits per heavy atom. The van der Waals surface area contributed by atoms with Crippen LogP contribution in [0.4, 0.5) is 0 Å². The van der Waals surface area contributed by atoms with Gasteiger partial charge in [-0.05, 0) is 36.1 Å². The Morgan fingerprint density at radius 2 is 1.60 bits per heavy atom. The van der Waals surface area contributed by atoms with Crippen LogP contribution in [0, 0.1) is 5.41 Å². The van der Waals surface area contributed by atoms with Crippen molar-refractivity contribution >= 4 is 35.3 Å². The average Bonchev–Trinajstić information content (AvgIpc) is 3.01. The van der Waals surface area contributed by atoms with Gasteiger partial charge in [0.2, 0.25) is 17.7 Å². The number of guanidine groups is 1. The van der Waals surface area contributed by atoms with Crippen LogP contribution in [0.5, 0.6) is 0 Å². The summed E-state index contributed by atoms with van der Waals surface area (Å²) in [5.74, 6) is -0.937. The molecule has 1 saturated carbocycles. The lowest BCUT2D eigenvalue weighted by atomic mass is 9.77. The van der Waals surface area contributed by atoms with Crippen LogP contribution >= 0.6 is 11.6 Å². The molecule has 4 rings (SSSR count). The molecule has 1 aliphatic heterocycles. The molecule has 2 aromatic rings. The first kappa shape index (κ1) is 31.5. The van der Waals surface area contributed by atoms with E-state index in [1.807, 2.05) is 42.5 Å². The molecule has 10 nitrogen and oxygen atoms in total. The number of hydrogen-bond donors (Lipinski definition) is 4. The molecule has 226 valence electrons. The lowest BCUT2D eigenvalue weighted by Gasteiger charge is -2.50. The number of nitrogens with zero attached hydrogens (tertiary/aromatic N) is 3. The maximum absolute atomic E-state index is 13.6. The number of carbonyl (C=O) groups excluding carboxylic acids is 3. The van der Waals surface area contributed by atoms with Crippen LogP contribution in [0.25, 0.3) is 0 Å². The number of benzene rings is 2. The Kier molecular flexibility index (Phi) is 11.0. The summed E-state index contributed by atoms with van der Waals surface area (Å²) in [6.45, 7) is 2.29. The second-order valence-electron chi connectivity index (χ2n) is 11.3. The summed E-state index contributed by atoms with van der Waals surface area (Å²) in [7, 11) is 0. The molecule has 1 atom stereocenters. The van der Waals surface area contributed by atoms with E-state index in [4.69, 9.17) is 28.5 Å². The quantitative estimate of drug-likeness (QED) is 0.245. The van der Waals surface area contributed by atoms with Crippen LogP contribution < -0.4 is 16.8 Å². The highest BCUT2D eigenvalue weighted by molar-refractivity contribution is 6.30. The Morgan fingerprint density at radius 3 is 2.19 bits per heavy atom. The highest BCUT2D eigenvalue weighted by Gasteiger charge is 2.43. The maximum Gasteiger partial charge on any atom is 0.245 e. The zero-order valence-electron chi connectivity index (χ0n) is 24.1. The van der Waals surface area contributed by atoms with E-state index < -0.39 is 6.04 Å². The summed E-state index contributed by atoms with van der Waals surface area (Å²) in [5, 5.41) is 11.5. The van der Waals surface area contributed by atoms with Crippen molar-refractivity contribution in [3.63, 3.8) is 0 Å². The number of nitrogens with two attached hydrogens (primary N) is 2. The van der Waals surface area contributed by atoms with Crippen molar-refractivity contribution in [2.45, 2.75) is 63.1 Å². The van der Waals surface area contributed by atoms with Gasteiger partial charge in [0, 0.05) is 49.6 Å². The highest BCUT2D eigenvalue weighted by Crippen LogP contribution is 2.38. The van der Waals surface area contributed by atoms with Crippen LogP contribution in [0.2, 0.25) is 5.02 Å². The van der Waals surface area contributed by atoms with E-state index in [9.17, 15) is 14.4 Å². The van der Waals surface area contributed by atoms with E-state index >= 15 is 0 Å². The third kappa shape index (κ3) is 8.08. The van der Waals surface area contributed by atoms with Crippen molar-refractivity contribution in [3.05, 3.63) is 70.7 Å². The molecular formula is C31H42ClN7O3. The van der Waals surface area contributed by atoms with E-state index in [0.717, 1.165) is 43.2 Å². The molecule has 0 aromatic heterocycles. The summed E-state index contributed by atoms with van der Waals surface area (Å²) < 4.78 is 0. The fraction of sp³-hybridized carbons (Fsp3) is 0.484. The zero-order valence-corrected chi connectivity index (χ0v) is 24.8. The van der Waals surface area contributed by atoms with E-state index in [1.54, 1.807) is 17.0 Å². The lowest BCUT2D eigenvalue weighted by Crippen LogP contribution is -2.62. The molecule has 2 fully saturated rings. The predicted octanol–water partition coefficient (Wildman–Crippen LogP) is 2.49. The number of amides is 3. The molecule has 42 heavy (non-hydrogen) atoms.